The molecule has 0 saturated heterocycles. The van der Waals surface area contributed by atoms with E-state index >= 15 is 0 Å². The monoisotopic (exact) mass is 232 g/mol. The highest BCUT2D eigenvalue weighted by atomic mass is 16.5. The fourth-order valence-corrected chi connectivity index (χ4v) is 1.63. The van der Waals surface area contributed by atoms with Crippen molar-refractivity contribution in [1.82, 2.24) is 9.55 Å². The molecule has 0 amide bonds. The Kier molecular flexibility index (Phi) is 3.77. The third-order valence-electron chi connectivity index (χ3n) is 2.56. The van der Waals surface area contributed by atoms with Crippen LogP contribution >= 0.6 is 0 Å². The average Bonchev–Trinajstić information content (AvgIpc) is 2.77. The van der Waals surface area contributed by atoms with Crippen molar-refractivity contribution in [3.8, 4) is 5.75 Å². The number of aliphatic hydroxyl groups excluding tert-OH is 1. The second-order valence-corrected chi connectivity index (χ2v) is 3.86. The zero-order valence-corrected chi connectivity index (χ0v) is 9.78. The minimum atomic E-state index is -0.585. The Balaban J connectivity index is 1.81. The van der Waals surface area contributed by atoms with Gasteiger partial charge in [-0.3, -0.25) is 0 Å². The maximum absolute atomic E-state index is 9.90. The summed E-state index contributed by atoms with van der Waals surface area (Å²) in [5.74, 6) is 1.49. The number of aromatic nitrogens is 2. The van der Waals surface area contributed by atoms with Crippen molar-refractivity contribution in [3.63, 3.8) is 0 Å². The van der Waals surface area contributed by atoms with Crippen molar-refractivity contribution in [2.75, 3.05) is 6.61 Å². The molecule has 0 saturated carbocycles. The van der Waals surface area contributed by atoms with Crippen LogP contribution in [0, 0.1) is 0 Å². The van der Waals surface area contributed by atoms with Gasteiger partial charge in [0.2, 0.25) is 0 Å². The highest BCUT2D eigenvalue weighted by molar-refractivity contribution is 5.20. The van der Waals surface area contributed by atoms with Gasteiger partial charge in [0.25, 0.3) is 0 Å². The molecule has 17 heavy (non-hydrogen) atoms. The number of hydrogen-bond donors (Lipinski definition) is 1. The molecule has 0 fully saturated rings. The van der Waals surface area contributed by atoms with Gasteiger partial charge in [0.1, 0.15) is 17.7 Å². The lowest BCUT2D eigenvalue weighted by atomic mass is 10.2. The van der Waals surface area contributed by atoms with Gasteiger partial charge in [-0.2, -0.15) is 0 Å². The zero-order valence-electron chi connectivity index (χ0n) is 9.78. The molecule has 0 bridgehead atoms. The maximum Gasteiger partial charge on any atom is 0.137 e. The number of nitrogens with zero attached hydrogens (tertiary/aromatic N) is 2. The number of aryl methyl sites for hydroxylation is 1. The highest BCUT2D eigenvalue weighted by Gasteiger charge is 2.11. The first-order valence-corrected chi connectivity index (χ1v) is 5.60. The van der Waals surface area contributed by atoms with E-state index in [9.17, 15) is 5.11 Å². The van der Waals surface area contributed by atoms with Crippen molar-refractivity contribution < 1.29 is 9.84 Å². The summed E-state index contributed by atoms with van der Waals surface area (Å²) >= 11 is 0. The van der Waals surface area contributed by atoms with E-state index in [1.807, 2.05) is 48.1 Å². The average molecular weight is 232 g/mol. The summed E-state index contributed by atoms with van der Waals surface area (Å²) in [6.07, 6.45) is 3.44. The molecule has 0 aliphatic heterocycles. The topological polar surface area (TPSA) is 47.3 Å². The summed E-state index contributed by atoms with van der Waals surface area (Å²) in [5, 5.41) is 9.90. The van der Waals surface area contributed by atoms with Gasteiger partial charge < -0.3 is 14.4 Å². The van der Waals surface area contributed by atoms with E-state index in [1.54, 1.807) is 6.20 Å². The van der Waals surface area contributed by atoms with E-state index in [2.05, 4.69) is 4.98 Å². The molecule has 90 valence electrons. The van der Waals surface area contributed by atoms with E-state index in [-0.39, 0.29) is 0 Å². The summed E-state index contributed by atoms with van der Waals surface area (Å²) in [6, 6.07) is 9.57. The summed E-state index contributed by atoms with van der Waals surface area (Å²) in [5.41, 5.74) is 0. The number of ether oxygens (including phenoxy) is 1. The van der Waals surface area contributed by atoms with E-state index in [1.165, 1.54) is 0 Å². The molecule has 1 atom stereocenters. The molecule has 0 aliphatic carbocycles. The largest absolute Gasteiger partial charge is 0.493 e. The van der Waals surface area contributed by atoms with Crippen LogP contribution in [-0.2, 0) is 7.05 Å². The van der Waals surface area contributed by atoms with Crippen LogP contribution in [0.15, 0.2) is 42.7 Å². The van der Waals surface area contributed by atoms with E-state index in [0.29, 0.717) is 18.9 Å². The SMILES string of the molecule is Cn1ccnc1C(O)CCOc1ccccc1. The Labute approximate surface area is 100 Å². The summed E-state index contributed by atoms with van der Waals surface area (Å²) < 4.78 is 7.33. The van der Waals surface area contributed by atoms with Gasteiger partial charge in [0.05, 0.1) is 6.61 Å². The van der Waals surface area contributed by atoms with E-state index in [0.717, 1.165) is 5.75 Å². The number of para-hydroxylation sites is 1. The normalized spacial score (nSPS) is 12.4. The molecule has 1 aromatic heterocycles. The second kappa shape index (κ2) is 5.50. The molecule has 4 nitrogen and oxygen atoms in total. The minimum Gasteiger partial charge on any atom is -0.493 e. The van der Waals surface area contributed by atoms with E-state index in [4.69, 9.17) is 4.74 Å². The molecule has 1 heterocycles. The Morgan fingerprint density at radius 3 is 2.76 bits per heavy atom. The molecule has 4 heteroatoms. The second-order valence-electron chi connectivity index (χ2n) is 3.86. The van der Waals surface area contributed by atoms with Crippen molar-refractivity contribution in [2.24, 2.45) is 7.05 Å². The van der Waals surface area contributed by atoms with Gasteiger partial charge in [-0.1, -0.05) is 18.2 Å². The Morgan fingerprint density at radius 2 is 2.12 bits per heavy atom. The van der Waals surface area contributed by atoms with Crippen LogP contribution in [0.1, 0.15) is 18.3 Å². The number of imidazole rings is 1. The van der Waals surface area contributed by atoms with Crippen LogP contribution < -0.4 is 4.74 Å². The van der Waals surface area contributed by atoms with Gasteiger partial charge in [-0.25, -0.2) is 4.98 Å². The standard InChI is InChI=1S/C13H16N2O2/c1-15-9-8-14-13(15)12(16)7-10-17-11-5-3-2-4-6-11/h2-6,8-9,12,16H,7,10H2,1H3. The van der Waals surface area contributed by atoms with Crippen molar-refractivity contribution in [1.29, 1.82) is 0 Å². The van der Waals surface area contributed by atoms with Gasteiger partial charge >= 0.3 is 0 Å². The van der Waals surface area contributed by atoms with Crippen LogP contribution in [-0.4, -0.2) is 21.3 Å². The van der Waals surface area contributed by atoms with Gasteiger partial charge in [0, 0.05) is 25.9 Å². The van der Waals surface area contributed by atoms with Crippen molar-refractivity contribution in [2.45, 2.75) is 12.5 Å². The summed E-state index contributed by atoms with van der Waals surface area (Å²) in [7, 11) is 1.86. The lowest BCUT2D eigenvalue weighted by Crippen LogP contribution is -2.09. The van der Waals surface area contributed by atoms with Crippen LogP contribution in [0.4, 0.5) is 0 Å². The highest BCUT2D eigenvalue weighted by Crippen LogP contribution is 2.15. The first-order valence-electron chi connectivity index (χ1n) is 5.60. The van der Waals surface area contributed by atoms with E-state index < -0.39 is 6.10 Å². The van der Waals surface area contributed by atoms with Crippen LogP contribution in [0.3, 0.4) is 0 Å². The van der Waals surface area contributed by atoms with Crippen LogP contribution in [0.25, 0.3) is 0 Å². The molecular weight excluding hydrogens is 216 g/mol. The predicted octanol–water partition coefficient (Wildman–Crippen LogP) is 1.92. The van der Waals surface area contributed by atoms with Crippen molar-refractivity contribution >= 4 is 0 Å². The number of hydrogen-bond acceptors (Lipinski definition) is 3. The zero-order chi connectivity index (χ0) is 12.1. The molecule has 0 spiro atoms. The smallest absolute Gasteiger partial charge is 0.137 e. The molecule has 1 aromatic carbocycles. The van der Waals surface area contributed by atoms with Gasteiger partial charge in [0.15, 0.2) is 0 Å². The third kappa shape index (κ3) is 3.07. The van der Waals surface area contributed by atoms with Crippen LogP contribution in [0.5, 0.6) is 5.75 Å². The summed E-state index contributed by atoms with van der Waals surface area (Å²) in [6.45, 7) is 0.470. The van der Waals surface area contributed by atoms with Gasteiger partial charge in [-0.05, 0) is 12.1 Å². The Bertz CT molecular complexity index is 453. The number of rotatable bonds is 5. The van der Waals surface area contributed by atoms with Gasteiger partial charge in [-0.15, -0.1) is 0 Å². The fourth-order valence-electron chi connectivity index (χ4n) is 1.63. The number of aliphatic hydroxyl groups is 1. The first-order chi connectivity index (χ1) is 8.27. The molecule has 2 aromatic rings. The molecule has 0 aliphatic rings. The summed E-state index contributed by atoms with van der Waals surface area (Å²) in [4.78, 5) is 4.10. The Morgan fingerprint density at radius 1 is 1.35 bits per heavy atom. The molecule has 2 rings (SSSR count). The molecule has 1 N–H and O–H groups in total. The minimum absolute atomic E-state index is 0.470. The molecule has 0 radical (unpaired) electrons. The third-order valence-corrected chi connectivity index (χ3v) is 2.56. The predicted molar refractivity (Wildman–Crippen MR) is 64.7 cm³/mol. The maximum atomic E-state index is 9.90. The number of benzene rings is 1. The molecular formula is C13H16N2O2. The first kappa shape index (κ1) is 11.7. The van der Waals surface area contributed by atoms with Crippen LogP contribution in [0.2, 0.25) is 0 Å². The Hall–Kier alpha value is -1.81. The molecule has 1 unspecified atom stereocenters. The van der Waals surface area contributed by atoms with Crippen molar-refractivity contribution in [3.05, 3.63) is 48.5 Å². The lowest BCUT2D eigenvalue weighted by Gasteiger charge is -2.11. The lowest BCUT2D eigenvalue weighted by molar-refractivity contribution is 0.130. The fraction of sp³-hybridized carbons (Fsp3) is 0.308. The quantitative estimate of drug-likeness (QED) is 0.856.